The van der Waals surface area contributed by atoms with Crippen LogP contribution in [-0.4, -0.2) is 40.0 Å². The second kappa shape index (κ2) is 7.87. The first-order valence-electron chi connectivity index (χ1n) is 11.0. The molecule has 2 saturated heterocycles. The van der Waals surface area contributed by atoms with E-state index in [9.17, 15) is 14.4 Å². The SMILES string of the molecule is CCOC(=O)c1cn2c(c(OCc3ccccc3)c1=O)C(=O)N1C(C2)[C@H]2CC[C@@H]1CC2. The molecule has 1 saturated carbocycles. The van der Waals surface area contributed by atoms with Crippen molar-refractivity contribution in [2.45, 2.75) is 57.8 Å². The summed E-state index contributed by atoms with van der Waals surface area (Å²) in [7, 11) is 0. The zero-order valence-electron chi connectivity index (χ0n) is 17.6. The van der Waals surface area contributed by atoms with Gasteiger partial charge in [0, 0.05) is 18.8 Å². The zero-order valence-corrected chi connectivity index (χ0v) is 17.6. The largest absolute Gasteiger partial charge is 0.483 e. The average molecular weight is 422 g/mol. The molecule has 7 nitrogen and oxygen atoms in total. The van der Waals surface area contributed by atoms with E-state index < -0.39 is 11.4 Å². The standard InChI is InChI=1S/C24H26N2O5/c1-2-30-24(29)18-12-25-13-19-16-8-10-17(11-9-16)26(19)23(28)20(25)22(21(18)27)31-14-15-6-4-3-5-7-15/h3-7,12,16-17,19H,2,8-11,13-14H2,1H3/t16-,17+,19?. The van der Waals surface area contributed by atoms with Crippen LogP contribution in [-0.2, 0) is 17.9 Å². The summed E-state index contributed by atoms with van der Waals surface area (Å²) in [6.45, 7) is 2.56. The number of fused-ring (bicyclic) bond motifs is 3. The normalized spacial score (nSPS) is 23.8. The first kappa shape index (κ1) is 19.8. The molecule has 2 bridgehead atoms. The highest BCUT2D eigenvalue weighted by molar-refractivity contribution is 5.98. The lowest BCUT2D eigenvalue weighted by atomic mass is 9.73. The fraction of sp³-hybridized carbons (Fsp3) is 0.458. The van der Waals surface area contributed by atoms with Crippen molar-refractivity contribution in [1.82, 2.24) is 9.47 Å². The minimum absolute atomic E-state index is 0.0562. The van der Waals surface area contributed by atoms with Crippen LogP contribution in [0.15, 0.2) is 41.3 Å². The third kappa shape index (κ3) is 3.32. The molecule has 1 atom stereocenters. The number of esters is 1. The molecule has 0 spiro atoms. The molecule has 162 valence electrons. The Kier molecular flexibility index (Phi) is 5.04. The first-order valence-corrected chi connectivity index (χ1v) is 11.0. The molecule has 1 unspecified atom stereocenters. The molecule has 1 aromatic carbocycles. The number of nitrogens with zero attached hydrogens (tertiary/aromatic N) is 2. The van der Waals surface area contributed by atoms with Crippen LogP contribution in [0.25, 0.3) is 0 Å². The minimum atomic E-state index is -0.688. The lowest BCUT2D eigenvalue weighted by Crippen LogP contribution is -2.62. The first-order chi connectivity index (χ1) is 15.1. The fourth-order valence-electron chi connectivity index (χ4n) is 5.36. The summed E-state index contributed by atoms with van der Waals surface area (Å²) in [5.41, 5.74) is 0.448. The summed E-state index contributed by atoms with van der Waals surface area (Å²) in [4.78, 5) is 41.3. The van der Waals surface area contributed by atoms with Crippen molar-refractivity contribution in [3.63, 3.8) is 0 Å². The lowest BCUT2D eigenvalue weighted by Gasteiger charge is -2.53. The van der Waals surface area contributed by atoms with E-state index in [1.165, 1.54) is 6.20 Å². The van der Waals surface area contributed by atoms with Gasteiger partial charge in [0.2, 0.25) is 5.43 Å². The summed E-state index contributed by atoms with van der Waals surface area (Å²) in [6.07, 6.45) is 5.76. The maximum Gasteiger partial charge on any atom is 0.343 e. The summed E-state index contributed by atoms with van der Waals surface area (Å²) < 4.78 is 12.8. The van der Waals surface area contributed by atoms with Crippen LogP contribution in [0.5, 0.6) is 5.75 Å². The van der Waals surface area contributed by atoms with E-state index in [0.717, 1.165) is 31.2 Å². The van der Waals surface area contributed by atoms with Crippen LogP contribution in [0.1, 0.15) is 59.0 Å². The summed E-state index contributed by atoms with van der Waals surface area (Å²) in [5, 5.41) is 0. The van der Waals surface area contributed by atoms with Gasteiger partial charge in [-0.1, -0.05) is 30.3 Å². The molecule has 1 amide bonds. The van der Waals surface area contributed by atoms with E-state index in [4.69, 9.17) is 9.47 Å². The Morgan fingerprint density at radius 3 is 2.55 bits per heavy atom. The Bertz CT molecular complexity index is 1070. The summed E-state index contributed by atoms with van der Waals surface area (Å²) >= 11 is 0. The fourth-order valence-corrected chi connectivity index (χ4v) is 5.36. The molecule has 0 N–H and O–H groups in total. The van der Waals surface area contributed by atoms with Gasteiger partial charge in [-0.25, -0.2) is 4.79 Å². The zero-order chi connectivity index (χ0) is 21.5. The maximum atomic E-state index is 13.6. The Hall–Kier alpha value is -3.09. The molecule has 3 aliphatic heterocycles. The molecule has 0 radical (unpaired) electrons. The van der Waals surface area contributed by atoms with E-state index in [-0.39, 0.29) is 48.2 Å². The molecule has 1 aromatic heterocycles. The second-order valence-electron chi connectivity index (χ2n) is 8.55. The Labute approximate surface area is 180 Å². The molecule has 1 aliphatic carbocycles. The highest BCUT2D eigenvalue weighted by atomic mass is 16.5. The molecule has 31 heavy (non-hydrogen) atoms. The average Bonchev–Trinajstić information content (AvgIpc) is 2.80. The number of benzene rings is 1. The summed E-state index contributed by atoms with van der Waals surface area (Å²) in [5.74, 6) is -0.450. The number of carbonyl (C=O) groups is 2. The third-order valence-electron chi connectivity index (χ3n) is 6.82. The molecule has 2 aromatic rings. The number of carbonyl (C=O) groups excluding carboxylic acids is 2. The second-order valence-corrected chi connectivity index (χ2v) is 8.55. The maximum absolute atomic E-state index is 13.6. The van der Waals surface area contributed by atoms with Crippen LogP contribution >= 0.6 is 0 Å². The van der Waals surface area contributed by atoms with Gasteiger partial charge in [-0.3, -0.25) is 9.59 Å². The topological polar surface area (TPSA) is 77.8 Å². The number of piperidine rings is 2. The number of aromatic nitrogens is 1. The number of rotatable bonds is 5. The van der Waals surface area contributed by atoms with Crippen molar-refractivity contribution in [3.8, 4) is 5.75 Å². The predicted molar refractivity (Wildman–Crippen MR) is 113 cm³/mol. The van der Waals surface area contributed by atoms with Gasteiger partial charge in [-0.15, -0.1) is 0 Å². The molecule has 4 aliphatic rings. The van der Waals surface area contributed by atoms with Crippen LogP contribution in [0, 0.1) is 5.92 Å². The van der Waals surface area contributed by atoms with E-state index in [1.54, 1.807) is 11.5 Å². The van der Waals surface area contributed by atoms with Crippen molar-refractivity contribution >= 4 is 11.9 Å². The number of hydrogen-bond donors (Lipinski definition) is 0. The number of pyridine rings is 1. The van der Waals surface area contributed by atoms with Gasteiger partial charge in [-0.05, 0) is 44.1 Å². The van der Waals surface area contributed by atoms with Crippen LogP contribution < -0.4 is 10.2 Å². The Balaban J connectivity index is 1.59. The highest BCUT2D eigenvalue weighted by Gasteiger charge is 2.48. The van der Waals surface area contributed by atoms with E-state index in [1.807, 2.05) is 35.2 Å². The van der Waals surface area contributed by atoms with Gasteiger partial charge in [0.15, 0.2) is 11.4 Å². The molecule has 6 rings (SSSR count). The molecular weight excluding hydrogens is 396 g/mol. The Morgan fingerprint density at radius 1 is 1.10 bits per heavy atom. The van der Waals surface area contributed by atoms with Crippen LogP contribution in [0.3, 0.4) is 0 Å². The Morgan fingerprint density at radius 2 is 1.84 bits per heavy atom. The number of hydrogen-bond acceptors (Lipinski definition) is 5. The smallest absolute Gasteiger partial charge is 0.343 e. The molecule has 7 heteroatoms. The van der Waals surface area contributed by atoms with Crippen LogP contribution in [0.2, 0.25) is 0 Å². The minimum Gasteiger partial charge on any atom is -0.483 e. The van der Waals surface area contributed by atoms with Gasteiger partial charge >= 0.3 is 5.97 Å². The van der Waals surface area contributed by atoms with Gasteiger partial charge in [0.1, 0.15) is 12.2 Å². The van der Waals surface area contributed by atoms with Gasteiger partial charge < -0.3 is 18.9 Å². The van der Waals surface area contributed by atoms with Crippen molar-refractivity contribution in [3.05, 3.63) is 63.6 Å². The third-order valence-corrected chi connectivity index (χ3v) is 6.82. The van der Waals surface area contributed by atoms with Crippen molar-refractivity contribution in [2.24, 2.45) is 5.92 Å². The van der Waals surface area contributed by atoms with Crippen molar-refractivity contribution in [2.75, 3.05) is 6.61 Å². The van der Waals surface area contributed by atoms with Gasteiger partial charge in [0.25, 0.3) is 5.91 Å². The number of ether oxygens (including phenoxy) is 2. The quantitative estimate of drug-likeness (QED) is 0.693. The highest BCUT2D eigenvalue weighted by Crippen LogP contribution is 2.43. The van der Waals surface area contributed by atoms with Gasteiger partial charge in [0.05, 0.1) is 12.6 Å². The predicted octanol–water partition coefficient (Wildman–Crippen LogP) is 3.00. The number of amides is 1. The van der Waals surface area contributed by atoms with E-state index in [0.29, 0.717) is 12.5 Å². The van der Waals surface area contributed by atoms with Crippen LogP contribution in [0.4, 0.5) is 0 Å². The van der Waals surface area contributed by atoms with Crippen molar-refractivity contribution in [1.29, 1.82) is 0 Å². The monoisotopic (exact) mass is 422 g/mol. The molecular formula is C24H26N2O5. The molecule has 4 heterocycles. The molecule has 3 fully saturated rings. The van der Waals surface area contributed by atoms with Crippen molar-refractivity contribution < 1.29 is 19.1 Å². The van der Waals surface area contributed by atoms with E-state index >= 15 is 0 Å². The van der Waals surface area contributed by atoms with Gasteiger partial charge in [-0.2, -0.15) is 0 Å². The summed E-state index contributed by atoms with van der Waals surface area (Å²) in [6, 6.07) is 9.77. The van der Waals surface area contributed by atoms with E-state index in [2.05, 4.69) is 0 Å². The lowest BCUT2D eigenvalue weighted by molar-refractivity contribution is -0.0183.